The molecule has 0 saturated carbocycles. The van der Waals surface area contributed by atoms with E-state index in [1.165, 1.54) is 0 Å². The summed E-state index contributed by atoms with van der Waals surface area (Å²) in [6.07, 6.45) is 0.460. The van der Waals surface area contributed by atoms with E-state index >= 15 is 0 Å². The minimum Gasteiger partial charge on any atom is -0.372 e. The molecule has 0 aromatic carbocycles. The lowest BCUT2D eigenvalue weighted by molar-refractivity contribution is -0.110. The summed E-state index contributed by atoms with van der Waals surface area (Å²) in [5.41, 5.74) is -0.321. The van der Waals surface area contributed by atoms with E-state index in [9.17, 15) is 4.79 Å². The molecule has 0 aliphatic rings. The van der Waals surface area contributed by atoms with Gasteiger partial charge >= 0.3 is 0 Å². The summed E-state index contributed by atoms with van der Waals surface area (Å²) in [5.74, 6) is 0. The topological polar surface area (TPSA) is 26.3 Å². The Bertz CT molecular complexity index is 138. The average Bonchev–Trinajstić information content (AvgIpc) is 1.83. The molecule has 0 radical (unpaired) electrons. The molecule has 0 atom stereocenters. The van der Waals surface area contributed by atoms with Crippen molar-refractivity contribution in [3.63, 3.8) is 0 Å². The van der Waals surface area contributed by atoms with Gasteiger partial charge in [0.2, 0.25) is 0 Å². The second-order valence-corrected chi connectivity index (χ2v) is 4.82. The lowest BCUT2D eigenvalue weighted by Gasteiger charge is -2.22. The summed E-state index contributed by atoms with van der Waals surface area (Å²) in [5, 5.41) is 0. The monoisotopic (exact) mass is 198 g/mol. The van der Waals surface area contributed by atoms with Gasteiger partial charge in [-0.1, -0.05) is 23.2 Å². The van der Waals surface area contributed by atoms with E-state index in [1.54, 1.807) is 0 Å². The Morgan fingerprint density at radius 2 is 1.82 bits per heavy atom. The van der Waals surface area contributed by atoms with Crippen LogP contribution < -0.4 is 0 Å². The van der Waals surface area contributed by atoms with Crippen LogP contribution in [0.1, 0.15) is 20.8 Å². The Labute approximate surface area is 76.8 Å². The average molecular weight is 199 g/mol. The van der Waals surface area contributed by atoms with Crippen LogP contribution in [0.4, 0.5) is 0 Å². The summed E-state index contributed by atoms with van der Waals surface area (Å²) in [4.78, 5) is 10.2. The quantitative estimate of drug-likeness (QED) is 0.514. The van der Waals surface area contributed by atoms with Crippen LogP contribution in [0.3, 0.4) is 0 Å². The first-order chi connectivity index (χ1) is 4.77. The molecule has 0 N–H and O–H groups in total. The van der Waals surface area contributed by atoms with Crippen molar-refractivity contribution in [3.05, 3.63) is 0 Å². The van der Waals surface area contributed by atoms with E-state index in [4.69, 9.17) is 27.9 Å². The van der Waals surface area contributed by atoms with Gasteiger partial charge in [0.15, 0.2) is 10.6 Å². The summed E-state index contributed by atoms with van der Waals surface area (Å²) in [6.45, 7) is 5.61. The van der Waals surface area contributed by atoms with Crippen molar-refractivity contribution in [1.29, 1.82) is 0 Å². The van der Waals surface area contributed by atoms with Gasteiger partial charge < -0.3 is 4.74 Å². The van der Waals surface area contributed by atoms with Gasteiger partial charge in [-0.2, -0.15) is 0 Å². The highest BCUT2D eigenvalue weighted by atomic mass is 35.5. The highest BCUT2D eigenvalue weighted by molar-refractivity contribution is 6.55. The minimum absolute atomic E-state index is 0.0170. The fraction of sp³-hybridized carbons (Fsp3) is 0.857. The molecule has 2 nitrogen and oxygen atoms in total. The molecule has 66 valence electrons. The van der Waals surface area contributed by atoms with E-state index in [0.717, 1.165) is 0 Å². The highest BCUT2D eigenvalue weighted by Crippen LogP contribution is 2.20. The van der Waals surface area contributed by atoms with Crippen molar-refractivity contribution < 1.29 is 9.53 Å². The van der Waals surface area contributed by atoms with Crippen LogP contribution in [0, 0.1) is 0 Å². The number of hydrogen-bond donors (Lipinski definition) is 0. The maximum atomic E-state index is 10.2. The van der Waals surface area contributed by atoms with Crippen LogP contribution >= 0.6 is 23.2 Å². The molecule has 0 spiro atoms. The molecular formula is C7H12Cl2O2. The zero-order valence-corrected chi connectivity index (χ0v) is 8.37. The van der Waals surface area contributed by atoms with Crippen molar-refractivity contribution in [2.45, 2.75) is 30.7 Å². The molecule has 0 rings (SSSR count). The fourth-order valence-electron chi connectivity index (χ4n) is 0.347. The zero-order chi connectivity index (χ0) is 9.12. The third kappa shape index (κ3) is 6.60. The number of carbonyl (C=O) groups is 1. The van der Waals surface area contributed by atoms with Crippen molar-refractivity contribution >= 4 is 29.5 Å². The van der Waals surface area contributed by atoms with Gasteiger partial charge in [0, 0.05) is 0 Å². The van der Waals surface area contributed by atoms with E-state index < -0.39 is 4.33 Å². The third-order valence-electron chi connectivity index (χ3n) is 0.870. The highest BCUT2D eigenvalue weighted by Gasteiger charge is 2.26. The standard InChI is InChI=1S/C7H12Cl2O2/c1-6(2,3)11-5-7(8,9)4-10/h4H,5H2,1-3H3. The van der Waals surface area contributed by atoms with Gasteiger partial charge in [0.1, 0.15) is 0 Å². The number of rotatable bonds is 3. The normalized spacial score (nSPS) is 13.2. The third-order valence-corrected chi connectivity index (χ3v) is 1.27. The van der Waals surface area contributed by atoms with Crippen molar-refractivity contribution in [2.24, 2.45) is 0 Å². The van der Waals surface area contributed by atoms with Crippen molar-refractivity contribution in [2.75, 3.05) is 6.61 Å². The molecule has 0 heterocycles. The fourth-order valence-corrected chi connectivity index (χ4v) is 0.456. The van der Waals surface area contributed by atoms with Gasteiger partial charge in [-0.05, 0) is 20.8 Å². The predicted octanol–water partition coefficient (Wildman–Crippen LogP) is 2.17. The smallest absolute Gasteiger partial charge is 0.195 e. The summed E-state index contributed by atoms with van der Waals surface area (Å²) >= 11 is 11.0. The van der Waals surface area contributed by atoms with Crippen LogP contribution in [0.15, 0.2) is 0 Å². The van der Waals surface area contributed by atoms with E-state index in [0.29, 0.717) is 6.29 Å². The van der Waals surface area contributed by atoms with Crippen LogP contribution in [0.25, 0.3) is 0 Å². The van der Waals surface area contributed by atoms with E-state index in [-0.39, 0.29) is 12.2 Å². The molecule has 0 fully saturated rings. The maximum Gasteiger partial charge on any atom is 0.195 e. The van der Waals surface area contributed by atoms with Crippen LogP contribution in [-0.4, -0.2) is 22.8 Å². The molecule has 0 aliphatic carbocycles. The second-order valence-electron chi connectivity index (χ2n) is 3.28. The molecule has 0 aliphatic heterocycles. The maximum absolute atomic E-state index is 10.2. The Morgan fingerprint density at radius 3 is 2.09 bits per heavy atom. The van der Waals surface area contributed by atoms with Crippen molar-refractivity contribution in [1.82, 2.24) is 0 Å². The zero-order valence-electron chi connectivity index (χ0n) is 6.86. The van der Waals surface area contributed by atoms with Gasteiger partial charge in [-0.15, -0.1) is 0 Å². The number of halogens is 2. The lowest BCUT2D eigenvalue weighted by atomic mass is 10.2. The largest absolute Gasteiger partial charge is 0.372 e. The summed E-state index contributed by atoms with van der Waals surface area (Å²) in [7, 11) is 0. The van der Waals surface area contributed by atoms with Gasteiger partial charge in [0.05, 0.1) is 12.2 Å². The number of carbonyl (C=O) groups excluding carboxylic acids is 1. The van der Waals surface area contributed by atoms with Gasteiger partial charge in [0.25, 0.3) is 0 Å². The number of hydrogen-bond acceptors (Lipinski definition) is 2. The summed E-state index contributed by atoms with van der Waals surface area (Å²) < 4.78 is 3.78. The number of ether oxygens (including phenoxy) is 1. The number of aldehydes is 1. The molecule has 0 unspecified atom stereocenters. The first-order valence-corrected chi connectivity index (χ1v) is 4.00. The Kier molecular flexibility index (Phi) is 3.82. The summed E-state index contributed by atoms with van der Waals surface area (Å²) in [6, 6.07) is 0. The molecule has 0 aromatic heterocycles. The first kappa shape index (κ1) is 11.2. The lowest BCUT2D eigenvalue weighted by Crippen LogP contribution is -2.30. The molecule has 0 amide bonds. The van der Waals surface area contributed by atoms with Gasteiger partial charge in [-0.3, -0.25) is 4.79 Å². The van der Waals surface area contributed by atoms with E-state index in [1.807, 2.05) is 20.8 Å². The SMILES string of the molecule is CC(C)(C)OCC(Cl)(Cl)C=O. The molecule has 0 saturated heterocycles. The number of alkyl halides is 2. The van der Waals surface area contributed by atoms with Crippen molar-refractivity contribution in [3.8, 4) is 0 Å². The first-order valence-electron chi connectivity index (χ1n) is 3.25. The second kappa shape index (κ2) is 3.74. The van der Waals surface area contributed by atoms with Gasteiger partial charge in [-0.25, -0.2) is 0 Å². The Balaban J connectivity index is 3.79. The molecule has 11 heavy (non-hydrogen) atoms. The van der Waals surface area contributed by atoms with E-state index in [2.05, 4.69) is 0 Å². The molecule has 0 aromatic rings. The van der Waals surface area contributed by atoms with Crippen LogP contribution in [0.5, 0.6) is 0 Å². The molecule has 0 bridgehead atoms. The van der Waals surface area contributed by atoms with Crippen LogP contribution in [-0.2, 0) is 9.53 Å². The predicted molar refractivity (Wildman–Crippen MR) is 46.2 cm³/mol. The Morgan fingerprint density at radius 1 is 1.36 bits per heavy atom. The Hall–Kier alpha value is 0.210. The minimum atomic E-state index is -1.41. The molecule has 4 heteroatoms. The van der Waals surface area contributed by atoms with Crippen LogP contribution in [0.2, 0.25) is 0 Å². The molecular weight excluding hydrogens is 187 g/mol.